The van der Waals surface area contributed by atoms with Gasteiger partial charge in [0.15, 0.2) is 0 Å². The van der Waals surface area contributed by atoms with Gasteiger partial charge in [-0.2, -0.15) is 0 Å². The van der Waals surface area contributed by atoms with Crippen LogP contribution in [0.4, 0.5) is 0 Å². The molecule has 1 unspecified atom stereocenters. The molecule has 0 aliphatic rings. The Bertz CT molecular complexity index is 1520. The van der Waals surface area contributed by atoms with Crippen molar-refractivity contribution >= 4 is 38.8 Å². The van der Waals surface area contributed by atoms with Gasteiger partial charge < -0.3 is 14.6 Å². The SMILES string of the molecule is COc1cccc(C(NC(=O)Cn2cnc3scc(-c4cccs4)c3c2=O)c2nccn2C)c1. The molecule has 0 bridgehead atoms. The molecule has 0 aliphatic heterocycles. The van der Waals surface area contributed by atoms with Crippen molar-refractivity contribution in [3.63, 3.8) is 0 Å². The van der Waals surface area contributed by atoms with E-state index in [9.17, 15) is 9.59 Å². The summed E-state index contributed by atoms with van der Waals surface area (Å²) in [5.41, 5.74) is 1.44. The zero-order valence-corrected chi connectivity index (χ0v) is 20.1. The van der Waals surface area contributed by atoms with Gasteiger partial charge in [-0.25, -0.2) is 9.97 Å². The van der Waals surface area contributed by atoms with Crippen LogP contribution in [-0.2, 0) is 18.4 Å². The van der Waals surface area contributed by atoms with E-state index in [0.717, 1.165) is 16.0 Å². The summed E-state index contributed by atoms with van der Waals surface area (Å²) in [6, 6.07) is 10.9. The number of methoxy groups -OCH3 is 1. The maximum absolute atomic E-state index is 13.3. The first kappa shape index (κ1) is 22.1. The number of imidazole rings is 1. The zero-order valence-electron chi connectivity index (χ0n) is 18.5. The molecular weight excluding hydrogens is 470 g/mol. The van der Waals surface area contributed by atoms with Crippen molar-refractivity contribution in [1.29, 1.82) is 0 Å². The molecule has 1 N–H and O–H groups in total. The third-order valence-corrected chi connectivity index (χ3v) is 7.30. The number of amides is 1. The Balaban J connectivity index is 1.46. The van der Waals surface area contributed by atoms with Gasteiger partial charge in [0.05, 0.1) is 18.8 Å². The van der Waals surface area contributed by atoms with E-state index in [0.29, 0.717) is 21.8 Å². The zero-order chi connectivity index (χ0) is 23.7. The first-order valence-electron chi connectivity index (χ1n) is 10.5. The molecule has 4 aromatic heterocycles. The van der Waals surface area contributed by atoms with Gasteiger partial charge in [-0.05, 0) is 29.1 Å². The molecule has 0 radical (unpaired) electrons. The van der Waals surface area contributed by atoms with Gasteiger partial charge in [0.1, 0.15) is 29.0 Å². The maximum Gasteiger partial charge on any atom is 0.263 e. The van der Waals surface area contributed by atoms with Crippen LogP contribution in [-0.4, -0.2) is 32.1 Å². The fourth-order valence-corrected chi connectivity index (χ4v) is 5.55. The van der Waals surface area contributed by atoms with Crippen LogP contribution in [0.3, 0.4) is 0 Å². The van der Waals surface area contributed by atoms with Gasteiger partial charge >= 0.3 is 0 Å². The average molecular weight is 492 g/mol. The lowest BCUT2D eigenvalue weighted by atomic mass is 10.1. The van der Waals surface area contributed by atoms with Crippen molar-refractivity contribution in [2.45, 2.75) is 12.6 Å². The van der Waals surface area contributed by atoms with Crippen molar-refractivity contribution in [3.05, 3.63) is 87.6 Å². The second-order valence-electron chi connectivity index (χ2n) is 7.66. The number of hydrogen-bond acceptors (Lipinski definition) is 7. The number of nitrogens with one attached hydrogen (secondary N) is 1. The Morgan fingerprint density at radius 2 is 2.09 bits per heavy atom. The number of carbonyl (C=O) groups is 1. The maximum atomic E-state index is 13.3. The van der Waals surface area contributed by atoms with Crippen LogP contribution in [0.5, 0.6) is 5.75 Å². The van der Waals surface area contributed by atoms with E-state index in [2.05, 4.69) is 15.3 Å². The van der Waals surface area contributed by atoms with E-state index in [4.69, 9.17) is 4.74 Å². The van der Waals surface area contributed by atoms with Crippen molar-refractivity contribution in [1.82, 2.24) is 24.4 Å². The molecule has 1 amide bonds. The van der Waals surface area contributed by atoms with E-state index in [-0.39, 0.29) is 18.0 Å². The Morgan fingerprint density at radius 1 is 1.21 bits per heavy atom. The van der Waals surface area contributed by atoms with Crippen molar-refractivity contribution in [3.8, 4) is 16.2 Å². The normalized spacial score (nSPS) is 12.1. The summed E-state index contributed by atoms with van der Waals surface area (Å²) in [6.45, 7) is -0.160. The molecule has 8 nitrogen and oxygen atoms in total. The minimum atomic E-state index is -0.516. The molecule has 1 aromatic carbocycles. The summed E-state index contributed by atoms with van der Waals surface area (Å²) in [5.74, 6) is 1.02. The first-order chi connectivity index (χ1) is 16.5. The highest BCUT2D eigenvalue weighted by Crippen LogP contribution is 2.33. The van der Waals surface area contributed by atoms with E-state index in [1.807, 2.05) is 65.0 Å². The van der Waals surface area contributed by atoms with Gasteiger partial charge in [0.2, 0.25) is 5.91 Å². The van der Waals surface area contributed by atoms with Gasteiger partial charge in [-0.1, -0.05) is 18.2 Å². The molecular formula is C24H21N5O3S2. The average Bonchev–Trinajstić information content (AvgIpc) is 3.60. The van der Waals surface area contributed by atoms with Crippen molar-refractivity contribution in [2.75, 3.05) is 7.11 Å². The highest BCUT2D eigenvalue weighted by Gasteiger charge is 2.22. The lowest BCUT2D eigenvalue weighted by Crippen LogP contribution is -2.36. The number of aryl methyl sites for hydroxylation is 1. The van der Waals surface area contributed by atoms with Crippen LogP contribution in [0, 0.1) is 0 Å². The number of aromatic nitrogens is 4. The summed E-state index contributed by atoms with van der Waals surface area (Å²) in [6.07, 6.45) is 4.93. The Kier molecular flexibility index (Phi) is 5.99. The summed E-state index contributed by atoms with van der Waals surface area (Å²) in [4.78, 5) is 36.9. The quantitative estimate of drug-likeness (QED) is 0.374. The van der Waals surface area contributed by atoms with Crippen LogP contribution in [0.15, 0.2) is 70.7 Å². The number of hydrogen-bond donors (Lipinski definition) is 1. The van der Waals surface area contributed by atoms with Crippen LogP contribution in [0.2, 0.25) is 0 Å². The largest absolute Gasteiger partial charge is 0.497 e. The van der Waals surface area contributed by atoms with E-state index in [1.54, 1.807) is 24.6 Å². The molecule has 0 fully saturated rings. The predicted molar refractivity (Wildman–Crippen MR) is 133 cm³/mol. The molecule has 5 rings (SSSR count). The lowest BCUT2D eigenvalue weighted by molar-refractivity contribution is -0.122. The molecule has 5 aromatic rings. The minimum absolute atomic E-state index is 0.160. The molecule has 34 heavy (non-hydrogen) atoms. The van der Waals surface area contributed by atoms with E-state index < -0.39 is 6.04 Å². The number of rotatable bonds is 7. The highest BCUT2D eigenvalue weighted by molar-refractivity contribution is 7.18. The van der Waals surface area contributed by atoms with Crippen molar-refractivity contribution < 1.29 is 9.53 Å². The topological polar surface area (TPSA) is 91.0 Å². The molecule has 4 heterocycles. The second kappa shape index (κ2) is 9.24. The summed E-state index contributed by atoms with van der Waals surface area (Å²) in [5, 5.41) is 7.47. The third kappa shape index (κ3) is 4.13. The summed E-state index contributed by atoms with van der Waals surface area (Å²) in [7, 11) is 3.46. The highest BCUT2D eigenvalue weighted by atomic mass is 32.1. The standard InChI is InChI=1S/C24H21N5O3S2/c1-28-9-8-25-22(28)21(15-5-3-6-16(11-15)32-2)27-19(30)12-29-14-26-23-20(24(29)31)17(13-34-23)18-7-4-10-33-18/h3-11,13-14,21H,12H2,1-2H3,(H,27,30). The van der Waals surface area contributed by atoms with Gasteiger partial charge in [-0.15, -0.1) is 22.7 Å². The number of benzene rings is 1. The molecule has 10 heteroatoms. The monoisotopic (exact) mass is 491 g/mol. The number of fused-ring (bicyclic) bond motifs is 1. The van der Waals surface area contributed by atoms with Gasteiger partial charge in [0.25, 0.3) is 5.56 Å². The molecule has 0 spiro atoms. The number of nitrogens with zero attached hydrogens (tertiary/aromatic N) is 4. The smallest absolute Gasteiger partial charge is 0.263 e. The Morgan fingerprint density at radius 3 is 2.82 bits per heavy atom. The lowest BCUT2D eigenvalue weighted by Gasteiger charge is -2.20. The fourth-order valence-electron chi connectivity index (χ4n) is 3.83. The van der Waals surface area contributed by atoms with Crippen LogP contribution < -0.4 is 15.6 Å². The summed E-state index contributed by atoms with van der Waals surface area (Å²) < 4.78 is 8.55. The summed E-state index contributed by atoms with van der Waals surface area (Å²) >= 11 is 2.99. The minimum Gasteiger partial charge on any atom is -0.497 e. The fraction of sp³-hybridized carbons (Fsp3) is 0.167. The van der Waals surface area contributed by atoms with Gasteiger partial charge in [-0.3, -0.25) is 14.2 Å². The molecule has 172 valence electrons. The Hall–Kier alpha value is -3.76. The first-order valence-corrected chi connectivity index (χ1v) is 12.2. The third-order valence-electron chi connectivity index (χ3n) is 5.51. The molecule has 1 atom stereocenters. The van der Waals surface area contributed by atoms with Crippen LogP contribution in [0.25, 0.3) is 20.7 Å². The number of ether oxygens (including phenoxy) is 1. The number of carbonyl (C=O) groups excluding carboxylic acids is 1. The molecule has 0 aliphatic carbocycles. The van der Waals surface area contributed by atoms with Gasteiger partial charge in [0, 0.05) is 35.3 Å². The van der Waals surface area contributed by atoms with E-state index in [1.165, 1.54) is 22.2 Å². The van der Waals surface area contributed by atoms with Crippen molar-refractivity contribution in [2.24, 2.45) is 7.05 Å². The molecule has 0 saturated carbocycles. The molecule has 0 saturated heterocycles. The van der Waals surface area contributed by atoms with Crippen LogP contribution in [0.1, 0.15) is 17.4 Å². The predicted octanol–water partition coefficient (Wildman–Crippen LogP) is 3.83. The Labute approximate surface area is 203 Å². The van der Waals surface area contributed by atoms with Crippen LogP contribution >= 0.6 is 22.7 Å². The second-order valence-corrected chi connectivity index (χ2v) is 9.46. The van der Waals surface area contributed by atoms with E-state index >= 15 is 0 Å². The number of thiophene rings is 2.